The van der Waals surface area contributed by atoms with Crippen molar-refractivity contribution in [3.05, 3.63) is 46.2 Å². The summed E-state index contributed by atoms with van der Waals surface area (Å²) in [6, 6.07) is 3.84. The van der Waals surface area contributed by atoms with Gasteiger partial charge in [-0.2, -0.15) is 5.10 Å². The number of rotatable bonds is 2. The summed E-state index contributed by atoms with van der Waals surface area (Å²) in [7, 11) is 0. The van der Waals surface area contributed by atoms with Crippen LogP contribution in [0.1, 0.15) is 49.3 Å². The van der Waals surface area contributed by atoms with Gasteiger partial charge in [-0.15, -0.1) is 5.10 Å². The summed E-state index contributed by atoms with van der Waals surface area (Å²) in [6.07, 6.45) is 5.41. The fourth-order valence-corrected chi connectivity index (χ4v) is 3.61. The van der Waals surface area contributed by atoms with Crippen LogP contribution in [0, 0.1) is 18.6 Å². The van der Waals surface area contributed by atoms with Crippen LogP contribution in [0.25, 0.3) is 11.1 Å². The minimum absolute atomic E-state index is 0.0650. The highest BCUT2D eigenvalue weighted by molar-refractivity contribution is 6.32. The predicted molar refractivity (Wildman–Crippen MR) is 83.0 cm³/mol. The van der Waals surface area contributed by atoms with Gasteiger partial charge in [-0.25, -0.2) is 8.78 Å². The number of aromatic nitrogens is 2. The normalized spacial score (nSPS) is 16.0. The summed E-state index contributed by atoms with van der Waals surface area (Å²) in [4.78, 5) is 0. The lowest BCUT2D eigenvalue weighted by molar-refractivity contribution is 0.441. The van der Waals surface area contributed by atoms with Gasteiger partial charge in [-0.3, -0.25) is 0 Å². The van der Waals surface area contributed by atoms with Gasteiger partial charge in [0.05, 0.1) is 11.3 Å². The second-order valence-corrected chi connectivity index (χ2v) is 6.15. The molecule has 1 aliphatic rings. The first-order chi connectivity index (χ1) is 10.6. The molecule has 0 atom stereocenters. The zero-order valence-electron chi connectivity index (χ0n) is 12.4. The lowest BCUT2D eigenvalue weighted by Gasteiger charge is -2.26. The largest absolute Gasteiger partial charge is 0.206 e. The molecule has 1 fully saturated rings. The maximum absolute atomic E-state index is 14.2. The molecule has 0 amide bonds. The Labute approximate surface area is 133 Å². The van der Waals surface area contributed by atoms with Crippen molar-refractivity contribution in [3.8, 4) is 11.1 Å². The lowest BCUT2D eigenvalue weighted by atomic mass is 9.80. The van der Waals surface area contributed by atoms with Crippen LogP contribution in [-0.2, 0) is 0 Å². The summed E-state index contributed by atoms with van der Waals surface area (Å²) in [5.74, 6) is -1.01. The minimum atomic E-state index is -0.619. The first-order valence-electron chi connectivity index (χ1n) is 7.56. The maximum Gasteiger partial charge on any atom is 0.160 e. The summed E-state index contributed by atoms with van der Waals surface area (Å²) in [5, 5.41) is 8.01. The van der Waals surface area contributed by atoms with Gasteiger partial charge in [0.1, 0.15) is 11.6 Å². The van der Waals surface area contributed by atoms with Crippen molar-refractivity contribution in [2.24, 2.45) is 0 Å². The maximum atomic E-state index is 14.2. The van der Waals surface area contributed by atoms with E-state index in [0.29, 0.717) is 11.3 Å². The number of nitrogens with zero attached hydrogens (tertiary/aromatic N) is 2. The van der Waals surface area contributed by atoms with Gasteiger partial charge < -0.3 is 0 Å². The highest BCUT2D eigenvalue weighted by Crippen LogP contribution is 2.42. The lowest BCUT2D eigenvalue weighted by Crippen LogP contribution is -2.11. The number of halogens is 3. The van der Waals surface area contributed by atoms with E-state index >= 15 is 0 Å². The molecule has 1 aromatic carbocycles. The molecule has 1 aromatic heterocycles. The summed E-state index contributed by atoms with van der Waals surface area (Å²) in [5.41, 5.74) is 1.83. The number of hydrogen-bond acceptors (Lipinski definition) is 2. The molecule has 0 N–H and O–H groups in total. The Hall–Kier alpha value is -1.55. The molecule has 0 radical (unpaired) electrons. The van der Waals surface area contributed by atoms with Gasteiger partial charge in [0, 0.05) is 5.56 Å². The monoisotopic (exact) mass is 322 g/mol. The molecule has 1 saturated carbocycles. The van der Waals surface area contributed by atoms with Crippen molar-refractivity contribution in [1.29, 1.82) is 0 Å². The Morgan fingerprint density at radius 1 is 1.00 bits per heavy atom. The number of aryl methyl sites for hydroxylation is 1. The molecule has 1 heterocycles. The van der Waals surface area contributed by atoms with Crippen LogP contribution in [0.5, 0.6) is 0 Å². The highest BCUT2D eigenvalue weighted by Gasteiger charge is 2.27. The van der Waals surface area contributed by atoms with E-state index in [4.69, 9.17) is 11.6 Å². The van der Waals surface area contributed by atoms with Crippen molar-refractivity contribution >= 4 is 11.6 Å². The molecule has 0 aliphatic heterocycles. The zero-order valence-corrected chi connectivity index (χ0v) is 13.1. The molecule has 116 valence electrons. The van der Waals surface area contributed by atoms with Crippen LogP contribution in [0.2, 0.25) is 5.15 Å². The highest BCUT2D eigenvalue weighted by atomic mass is 35.5. The fourth-order valence-electron chi connectivity index (χ4n) is 3.38. The first kappa shape index (κ1) is 15.3. The van der Waals surface area contributed by atoms with E-state index in [-0.39, 0.29) is 16.6 Å². The van der Waals surface area contributed by atoms with Crippen LogP contribution >= 0.6 is 11.6 Å². The van der Waals surface area contributed by atoms with Crippen LogP contribution in [0.3, 0.4) is 0 Å². The van der Waals surface area contributed by atoms with E-state index < -0.39 is 11.6 Å². The van der Waals surface area contributed by atoms with Crippen LogP contribution < -0.4 is 0 Å². The van der Waals surface area contributed by atoms with E-state index in [1.807, 2.05) is 6.92 Å². The first-order valence-corrected chi connectivity index (χ1v) is 7.94. The van der Waals surface area contributed by atoms with Gasteiger partial charge >= 0.3 is 0 Å². The van der Waals surface area contributed by atoms with E-state index in [1.54, 1.807) is 0 Å². The predicted octanol–water partition coefficient (Wildman–Crippen LogP) is 5.43. The number of hydrogen-bond donors (Lipinski definition) is 0. The second-order valence-electron chi connectivity index (χ2n) is 5.80. The molecule has 2 nitrogen and oxygen atoms in total. The van der Waals surface area contributed by atoms with Crippen LogP contribution in [-0.4, -0.2) is 10.2 Å². The van der Waals surface area contributed by atoms with Gasteiger partial charge in [0.15, 0.2) is 5.15 Å². The molecule has 0 spiro atoms. The molecule has 0 bridgehead atoms. The molecular weight excluding hydrogens is 306 g/mol. The number of benzene rings is 1. The zero-order chi connectivity index (χ0) is 15.7. The molecule has 1 aliphatic carbocycles. The molecule has 0 saturated heterocycles. The van der Waals surface area contributed by atoms with Crippen molar-refractivity contribution in [2.45, 2.75) is 44.9 Å². The summed E-state index contributed by atoms with van der Waals surface area (Å²) >= 11 is 6.19. The molecule has 2 aromatic rings. The molecule has 22 heavy (non-hydrogen) atoms. The Morgan fingerprint density at radius 2 is 1.64 bits per heavy atom. The van der Waals surface area contributed by atoms with Crippen molar-refractivity contribution in [3.63, 3.8) is 0 Å². The van der Waals surface area contributed by atoms with Crippen molar-refractivity contribution in [1.82, 2.24) is 10.2 Å². The fraction of sp³-hybridized carbons (Fsp3) is 0.412. The van der Waals surface area contributed by atoms with Crippen LogP contribution in [0.4, 0.5) is 8.78 Å². The Morgan fingerprint density at radius 3 is 2.27 bits per heavy atom. The molecule has 0 unspecified atom stereocenters. The van der Waals surface area contributed by atoms with E-state index in [2.05, 4.69) is 10.2 Å². The minimum Gasteiger partial charge on any atom is -0.206 e. The average Bonchev–Trinajstić information content (AvgIpc) is 2.51. The van der Waals surface area contributed by atoms with Gasteiger partial charge in [-0.1, -0.05) is 36.9 Å². The van der Waals surface area contributed by atoms with Crippen molar-refractivity contribution in [2.75, 3.05) is 0 Å². The van der Waals surface area contributed by atoms with Gasteiger partial charge in [0.2, 0.25) is 0 Å². The summed E-state index contributed by atoms with van der Waals surface area (Å²) in [6.45, 7) is 1.83. The van der Waals surface area contributed by atoms with E-state index in [9.17, 15) is 8.78 Å². The van der Waals surface area contributed by atoms with Gasteiger partial charge in [0.25, 0.3) is 0 Å². The SMILES string of the molecule is Cc1nnc(Cl)c(-c2c(F)cccc2F)c1C1CCCCC1. The third-order valence-corrected chi connectivity index (χ3v) is 4.64. The average molecular weight is 323 g/mol. The summed E-state index contributed by atoms with van der Waals surface area (Å²) < 4.78 is 28.5. The topological polar surface area (TPSA) is 25.8 Å². The standard InChI is InChI=1S/C17H17ClF2N2/c1-10-14(11-6-3-2-4-7-11)16(17(18)22-21-10)15-12(19)8-5-9-13(15)20/h5,8-9,11H,2-4,6-7H2,1H3. The second kappa shape index (κ2) is 6.29. The van der Waals surface area contributed by atoms with E-state index in [0.717, 1.165) is 31.2 Å². The quantitative estimate of drug-likeness (QED) is 0.736. The molecule has 5 heteroatoms. The third kappa shape index (κ3) is 2.72. The Bertz CT molecular complexity index is 677. The Kier molecular flexibility index (Phi) is 4.39. The smallest absolute Gasteiger partial charge is 0.160 e. The third-order valence-electron chi connectivity index (χ3n) is 4.38. The van der Waals surface area contributed by atoms with Crippen molar-refractivity contribution < 1.29 is 8.78 Å². The van der Waals surface area contributed by atoms with Gasteiger partial charge in [-0.05, 0) is 43.4 Å². The molecular formula is C17H17ClF2N2. The Balaban J connectivity index is 2.24. The van der Waals surface area contributed by atoms with E-state index in [1.165, 1.54) is 24.6 Å². The molecule has 3 rings (SSSR count). The van der Waals surface area contributed by atoms with Crippen LogP contribution in [0.15, 0.2) is 18.2 Å².